The largest absolute Gasteiger partial charge is 0.378 e. The smallest absolute Gasteiger partial charge is 0.0637 e. The number of unbranched alkanes of at least 4 members (excludes halogenated alkanes) is 3. The molecule has 0 radical (unpaired) electrons. The van der Waals surface area contributed by atoms with Crippen molar-refractivity contribution in [2.24, 2.45) is 5.92 Å². The molecule has 1 fully saturated rings. The van der Waals surface area contributed by atoms with Gasteiger partial charge in [-0.1, -0.05) is 47.0 Å². The maximum Gasteiger partial charge on any atom is 0.0637 e. The van der Waals surface area contributed by atoms with Crippen molar-refractivity contribution < 1.29 is 9.94 Å². The summed E-state index contributed by atoms with van der Waals surface area (Å²) in [4.78, 5) is 0. The lowest BCUT2D eigenvalue weighted by Gasteiger charge is -2.57. The molecule has 4 atom stereocenters. The second-order valence-electron chi connectivity index (χ2n) is 7.34. The first-order chi connectivity index (χ1) is 9.85. The molecular weight excluding hydrogens is 262 g/mol. The summed E-state index contributed by atoms with van der Waals surface area (Å²) in [6.45, 7) is 14.0. The van der Waals surface area contributed by atoms with Crippen molar-refractivity contribution in [1.29, 1.82) is 0 Å². The Kier molecular flexibility index (Phi) is 7.15. The second-order valence-corrected chi connectivity index (χ2v) is 7.34. The van der Waals surface area contributed by atoms with Gasteiger partial charge >= 0.3 is 0 Å². The Morgan fingerprint density at radius 1 is 1.10 bits per heavy atom. The van der Waals surface area contributed by atoms with Crippen molar-refractivity contribution in [2.75, 3.05) is 6.61 Å². The van der Waals surface area contributed by atoms with Crippen molar-refractivity contribution in [3.05, 3.63) is 0 Å². The number of nitrogens with zero attached hydrogens (tertiary/aromatic N) is 1. The summed E-state index contributed by atoms with van der Waals surface area (Å²) in [7, 11) is 0. The Balaban J connectivity index is 2.71. The Hall–Kier alpha value is -0.120. The van der Waals surface area contributed by atoms with Crippen LogP contribution >= 0.6 is 0 Å². The number of piperidine rings is 1. The zero-order valence-corrected chi connectivity index (χ0v) is 15.1. The molecule has 1 aliphatic heterocycles. The maximum atomic E-state index is 10.8. The molecular formula is C18H37NO2. The summed E-state index contributed by atoms with van der Waals surface area (Å²) in [5.41, 5.74) is -0.373. The van der Waals surface area contributed by atoms with E-state index < -0.39 is 0 Å². The minimum absolute atomic E-state index is 0.175. The van der Waals surface area contributed by atoms with E-state index in [0.29, 0.717) is 5.92 Å². The molecule has 21 heavy (non-hydrogen) atoms. The van der Waals surface area contributed by atoms with Crippen molar-refractivity contribution >= 4 is 0 Å². The van der Waals surface area contributed by atoms with E-state index in [-0.39, 0.29) is 17.2 Å². The Labute approximate surface area is 132 Å². The highest BCUT2D eigenvalue weighted by molar-refractivity contribution is 5.03. The molecule has 1 aliphatic rings. The monoisotopic (exact) mass is 299 g/mol. The van der Waals surface area contributed by atoms with Gasteiger partial charge in [-0.25, -0.2) is 0 Å². The Morgan fingerprint density at radius 2 is 1.76 bits per heavy atom. The van der Waals surface area contributed by atoms with Gasteiger partial charge in [-0.05, 0) is 39.5 Å². The number of ether oxygens (including phenoxy) is 1. The summed E-state index contributed by atoms with van der Waals surface area (Å²) in [6, 6.07) is 0. The summed E-state index contributed by atoms with van der Waals surface area (Å²) >= 11 is 0. The van der Waals surface area contributed by atoms with Crippen LogP contribution in [0.15, 0.2) is 0 Å². The highest BCUT2D eigenvalue weighted by Gasteiger charge is 2.52. The molecule has 0 aromatic rings. The van der Waals surface area contributed by atoms with Crippen LogP contribution < -0.4 is 0 Å². The standard InChI is InChI=1S/C18H37NO2/c1-7-10-11-12-13-21-16-14-17(5,8-2)19(20)18(6,9-3)15(16)4/h15-16,20H,7-14H2,1-6H3. The molecule has 0 aliphatic carbocycles. The topological polar surface area (TPSA) is 32.7 Å². The van der Waals surface area contributed by atoms with Crippen LogP contribution in [0.1, 0.15) is 86.5 Å². The third kappa shape index (κ3) is 4.00. The molecule has 1 rings (SSSR count). The van der Waals surface area contributed by atoms with Crippen LogP contribution in [0.5, 0.6) is 0 Å². The van der Waals surface area contributed by atoms with Gasteiger partial charge in [0.15, 0.2) is 0 Å². The quantitative estimate of drug-likeness (QED) is 0.639. The van der Waals surface area contributed by atoms with E-state index in [0.717, 1.165) is 32.3 Å². The number of hydrogen-bond acceptors (Lipinski definition) is 3. The van der Waals surface area contributed by atoms with Crippen LogP contribution in [0.25, 0.3) is 0 Å². The molecule has 126 valence electrons. The Morgan fingerprint density at radius 3 is 2.29 bits per heavy atom. The molecule has 3 nitrogen and oxygen atoms in total. The molecule has 0 aromatic carbocycles. The van der Waals surface area contributed by atoms with Gasteiger partial charge in [-0.3, -0.25) is 0 Å². The van der Waals surface area contributed by atoms with Gasteiger partial charge in [0, 0.05) is 23.6 Å². The van der Waals surface area contributed by atoms with Gasteiger partial charge in [0.1, 0.15) is 0 Å². The first-order valence-corrected chi connectivity index (χ1v) is 8.96. The van der Waals surface area contributed by atoms with Gasteiger partial charge in [-0.15, -0.1) is 0 Å². The maximum absolute atomic E-state index is 10.8. The fourth-order valence-electron chi connectivity index (χ4n) is 3.64. The third-order valence-electron chi connectivity index (χ3n) is 5.98. The van der Waals surface area contributed by atoms with E-state index in [1.165, 1.54) is 19.3 Å². The molecule has 0 aromatic heterocycles. The predicted molar refractivity (Wildman–Crippen MR) is 88.7 cm³/mol. The lowest BCUT2D eigenvalue weighted by Crippen LogP contribution is -2.66. The normalized spacial score (nSPS) is 37.9. The fraction of sp³-hybridized carbons (Fsp3) is 1.00. The summed E-state index contributed by atoms with van der Waals surface area (Å²) in [5.74, 6) is 0.346. The zero-order valence-electron chi connectivity index (χ0n) is 15.1. The van der Waals surface area contributed by atoms with E-state index in [2.05, 4.69) is 41.5 Å². The predicted octanol–water partition coefficient (Wildman–Crippen LogP) is 5.02. The van der Waals surface area contributed by atoms with Crippen LogP contribution in [0.4, 0.5) is 0 Å². The second kappa shape index (κ2) is 7.94. The van der Waals surface area contributed by atoms with Gasteiger partial charge in [0.05, 0.1) is 6.10 Å². The molecule has 1 N–H and O–H groups in total. The number of rotatable bonds is 8. The summed E-state index contributed by atoms with van der Waals surface area (Å²) in [5, 5.41) is 12.4. The molecule has 0 bridgehead atoms. The molecule has 1 saturated heterocycles. The van der Waals surface area contributed by atoms with Crippen molar-refractivity contribution in [1.82, 2.24) is 5.06 Å². The van der Waals surface area contributed by atoms with Crippen LogP contribution in [0.3, 0.4) is 0 Å². The SMILES string of the molecule is CCCCCCOC1CC(C)(CC)N(O)C(C)(CC)C1C. The average Bonchev–Trinajstić information content (AvgIpc) is 2.50. The zero-order chi connectivity index (χ0) is 16.1. The van der Waals surface area contributed by atoms with Crippen molar-refractivity contribution in [2.45, 2.75) is 104 Å². The van der Waals surface area contributed by atoms with E-state index in [1.54, 1.807) is 5.06 Å². The number of hydroxylamine groups is 2. The molecule has 1 heterocycles. The molecule has 0 saturated carbocycles. The first kappa shape index (κ1) is 18.9. The van der Waals surface area contributed by atoms with Gasteiger partial charge in [0.25, 0.3) is 0 Å². The lowest BCUT2D eigenvalue weighted by atomic mass is 9.69. The highest BCUT2D eigenvalue weighted by atomic mass is 16.5. The minimum atomic E-state index is -0.197. The van der Waals surface area contributed by atoms with Crippen LogP contribution in [-0.2, 0) is 4.74 Å². The van der Waals surface area contributed by atoms with E-state index in [4.69, 9.17) is 4.74 Å². The lowest BCUT2D eigenvalue weighted by molar-refractivity contribution is -0.291. The molecule has 3 heteroatoms. The number of hydrogen-bond donors (Lipinski definition) is 1. The van der Waals surface area contributed by atoms with E-state index in [1.807, 2.05) is 0 Å². The first-order valence-electron chi connectivity index (χ1n) is 8.96. The van der Waals surface area contributed by atoms with Gasteiger partial charge in [0.2, 0.25) is 0 Å². The highest BCUT2D eigenvalue weighted by Crippen LogP contribution is 2.45. The average molecular weight is 299 g/mol. The summed E-state index contributed by atoms with van der Waals surface area (Å²) in [6.07, 6.45) is 8.05. The minimum Gasteiger partial charge on any atom is -0.378 e. The van der Waals surface area contributed by atoms with Crippen LogP contribution in [-0.4, -0.2) is 34.1 Å². The molecule has 0 amide bonds. The van der Waals surface area contributed by atoms with E-state index >= 15 is 0 Å². The van der Waals surface area contributed by atoms with Gasteiger partial charge in [-0.2, -0.15) is 5.06 Å². The Bertz CT molecular complexity index is 310. The fourth-order valence-corrected chi connectivity index (χ4v) is 3.64. The molecule has 0 spiro atoms. The molecule has 4 unspecified atom stereocenters. The van der Waals surface area contributed by atoms with Crippen molar-refractivity contribution in [3.63, 3.8) is 0 Å². The third-order valence-corrected chi connectivity index (χ3v) is 5.98. The van der Waals surface area contributed by atoms with Crippen LogP contribution in [0.2, 0.25) is 0 Å². The van der Waals surface area contributed by atoms with E-state index in [9.17, 15) is 5.21 Å². The summed E-state index contributed by atoms with van der Waals surface area (Å²) < 4.78 is 6.25. The van der Waals surface area contributed by atoms with Crippen LogP contribution in [0, 0.1) is 5.92 Å². The van der Waals surface area contributed by atoms with Gasteiger partial charge < -0.3 is 9.94 Å². The van der Waals surface area contributed by atoms with Crippen molar-refractivity contribution in [3.8, 4) is 0 Å².